The number of hydrogen-bond acceptors (Lipinski definition) is 5. The van der Waals surface area contributed by atoms with E-state index in [1.165, 1.54) is 36.4 Å². The van der Waals surface area contributed by atoms with Gasteiger partial charge in [0.15, 0.2) is 6.04 Å². The van der Waals surface area contributed by atoms with Gasteiger partial charge in [0.2, 0.25) is 20.0 Å². The number of primary sulfonamides is 2. The number of rotatable bonds is 7. The Morgan fingerprint density at radius 2 is 1.37 bits per heavy atom. The van der Waals surface area contributed by atoms with Gasteiger partial charge >= 0.3 is 0 Å². The number of quaternary nitrogens is 1. The van der Waals surface area contributed by atoms with Crippen molar-refractivity contribution in [1.82, 2.24) is 0 Å². The molecule has 146 valence electrons. The molecule has 0 unspecified atom stereocenters. The van der Waals surface area contributed by atoms with E-state index in [9.17, 15) is 21.6 Å². The summed E-state index contributed by atoms with van der Waals surface area (Å²) in [5.41, 5.74) is 1.28. The summed E-state index contributed by atoms with van der Waals surface area (Å²) in [7, 11) is -7.51. The third-order valence-corrected chi connectivity index (χ3v) is 5.68. The lowest BCUT2D eigenvalue weighted by Crippen LogP contribution is -2.90. The van der Waals surface area contributed by atoms with Gasteiger partial charge in [-0.2, -0.15) is 0 Å². The van der Waals surface area contributed by atoms with Gasteiger partial charge in [-0.3, -0.25) is 4.79 Å². The van der Waals surface area contributed by atoms with Crippen molar-refractivity contribution >= 4 is 31.6 Å². The molecule has 7 N–H and O–H groups in total. The second-order valence-electron chi connectivity index (χ2n) is 5.98. The molecule has 0 aliphatic carbocycles. The lowest BCUT2D eigenvalue weighted by molar-refractivity contribution is -0.688. The smallest absolute Gasteiger partial charge is 0.282 e. The standard InChI is InChI=1S/C16H20N4O5S2/c1-11(19-10-12-2-6-14(7-3-12)26(17,22)23)16(21)20-13-4-8-15(9-5-13)27(18,24)25/h2-9,11,19H,10H2,1H3,(H,20,21)(H2,17,22,23)(H2,18,24,25)/p+1/t11-/m1/s1. The highest BCUT2D eigenvalue weighted by Crippen LogP contribution is 2.12. The van der Waals surface area contributed by atoms with Crippen LogP contribution in [-0.4, -0.2) is 28.8 Å². The van der Waals surface area contributed by atoms with Crippen LogP contribution in [0.5, 0.6) is 0 Å². The van der Waals surface area contributed by atoms with Crippen LogP contribution in [0, 0.1) is 0 Å². The summed E-state index contributed by atoms with van der Waals surface area (Å²) in [6, 6.07) is 11.2. The first-order valence-electron chi connectivity index (χ1n) is 7.85. The van der Waals surface area contributed by atoms with E-state index >= 15 is 0 Å². The second kappa shape index (κ2) is 8.15. The highest BCUT2D eigenvalue weighted by atomic mass is 32.2. The minimum absolute atomic E-state index is 0.0278. The van der Waals surface area contributed by atoms with Crippen molar-refractivity contribution in [3.05, 3.63) is 54.1 Å². The van der Waals surface area contributed by atoms with Crippen molar-refractivity contribution in [2.24, 2.45) is 10.3 Å². The van der Waals surface area contributed by atoms with Gasteiger partial charge < -0.3 is 10.6 Å². The average molecular weight is 414 g/mol. The minimum atomic E-state index is -3.78. The molecule has 0 fully saturated rings. The summed E-state index contributed by atoms with van der Waals surface area (Å²) >= 11 is 0. The van der Waals surface area contributed by atoms with Crippen molar-refractivity contribution in [3.63, 3.8) is 0 Å². The fourth-order valence-electron chi connectivity index (χ4n) is 2.22. The number of carbonyl (C=O) groups excluding carboxylic acids is 1. The number of carbonyl (C=O) groups is 1. The van der Waals surface area contributed by atoms with Crippen LogP contribution < -0.4 is 20.9 Å². The number of amides is 1. The highest BCUT2D eigenvalue weighted by molar-refractivity contribution is 7.89. The maximum Gasteiger partial charge on any atom is 0.282 e. The Kier molecular flexibility index (Phi) is 6.34. The first-order valence-corrected chi connectivity index (χ1v) is 10.9. The quantitative estimate of drug-likeness (QED) is 0.459. The predicted molar refractivity (Wildman–Crippen MR) is 99.4 cm³/mol. The van der Waals surface area contributed by atoms with Gasteiger partial charge in [0, 0.05) is 11.3 Å². The number of anilines is 1. The van der Waals surface area contributed by atoms with Crippen molar-refractivity contribution in [2.75, 3.05) is 5.32 Å². The fraction of sp³-hybridized carbons (Fsp3) is 0.188. The van der Waals surface area contributed by atoms with E-state index in [0.717, 1.165) is 5.56 Å². The molecule has 11 heteroatoms. The molecule has 0 radical (unpaired) electrons. The van der Waals surface area contributed by atoms with Crippen molar-refractivity contribution in [3.8, 4) is 0 Å². The first-order chi connectivity index (χ1) is 12.5. The summed E-state index contributed by atoms with van der Waals surface area (Å²) in [6.07, 6.45) is 0. The summed E-state index contributed by atoms with van der Waals surface area (Å²) in [5.74, 6) is -0.264. The van der Waals surface area contributed by atoms with Crippen molar-refractivity contribution in [1.29, 1.82) is 0 Å². The lowest BCUT2D eigenvalue weighted by Gasteiger charge is -2.12. The number of benzene rings is 2. The van der Waals surface area contributed by atoms with Gasteiger partial charge in [0.1, 0.15) is 6.54 Å². The predicted octanol–water partition coefficient (Wildman–Crippen LogP) is -0.928. The third kappa shape index (κ3) is 6.12. The molecule has 0 spiro atoms. The van der Waals surface area contributed by atoms with Gasteiger partial charge in [0.25, 0.3) is 5.91 Å². The van der Waals surface area contributed by atoms with Crippen molar-refractivity contribution in [2.45, 2.75) is 29.3 Å². The maximum absolute atomic E-state index is 12.2. The van der Waals surface area contributed by atoms with Gasteiger partial charge in [-0.15, -0.1) is 0 Å². The molecule has 27 heavy (non-hydrogen) atoms. The van der Waals surface area contributed by atoms with Gasteiger partial charge in [-0.25, -0.2) is 27.1 Å². The molecule has 2 aromatic rings. The molecule has 2 aromatic carbocycles. The normalized spacial score (nSPS) is 13.1. The van der Waals surface area contributed by atoms with E-state index in [4.69, 9.17) is 10.3 Å². The zero-order valence-corrected chi connectivity index (χ0v) is 16.1. The zero-order valence-electron chi connectivity index (χ0n) is 14.5. The lowest BCUT2D eigenvalue weighted by atomic mass is 10.2. The largest absolute Gasteiger partial charge is 0.333 e. The average Bonchev–Trinajstić information content (AvgIpc) is 2.59. The summed E-state index contributed by atoms with van der Waals surface area (Å²) in [4.78, 5) is 12.2. The van der Waals surface area contributed by atoms with Crippen molar-refractivity contribution < 1.29 is 26.9 Å². The molecule has 2 rings (SSSR count). The Morgan fingerprint density at radius 3 is 1.81 bits per heavy atom. The number of hydrogen-bond donors (Lipinski definition) is 4. The van der Waals surface area contributed by atoms with Gasteiger partial charge in [0.05, 0.1) is 9.79 Å². The molecule has 0 aromatic heterocycles. The van der Waals surface area contributed by atoms with E-state index in [0.29, 0.717) is 12.2 Å². The maximum atomic E-state index is 12.2. The van der Waals surface area contributed by atoms with Crippen LogP contribution >= 0.6 is 0 Å². The molecule has 0 saturated carbocycles. The Bertz CT molecular complexity index is 1020. The second-order valence-corrected chi connectivity index (χ2v) is 9.10. The van der Waals surface area contributed by atoms with Crippen LogP contribution in [0.1, 0.15) is 12.5 Å². The summed E-state index contributed by atoms with van der Waals surface area (Å²) < 4.78 is 44.9. The van der Waals surface area contributed by atoms with Crippen LogP contribution in [-0.2, 0) is 31.4 Å². The molecule has 1 amide bonds. The van der Waals surface area contributed by atoms with E-state index in [1.807, 2.05) is 0 Å². The molecule has 0 saturated heterocycles. The molecule has 0 heterocycles. The van der Waals surface area contributed by atoms with Crippen LogP contribution in [0.15, 0.2) is 58.3 Å². The monoisotopic (exact) mass is 413 g/mol. The minimum Gasteiger partial charge on any atom is -0.333 e. The highest BCUT2D eigenvalue weighted by Gasteiger charge is 2.17. The van der Waals surface area contributed by atoms with E-state index in [1.54, 1.807) is 24.4 Å². The zero-order chi connectivity index (χ0) is 20.2. The van der Waals surface area contributed by atoms with Gasteiger partial charge in [-0.1, -0.05) is 12.1 Å². The van der Waals surface area contributed by atoms with Crippen LogP contribution in [0.25, 0.3) is 0 Å². The molecule has 0 aliphatic rings. The molecule has 0 aliphatic heterocycles. The molecule has 1 atom stereocenters. The van der Waals surface area contributed by atoms with Crippen LogP contribution in [0.4, 0.5) is 5.69 Å². The molecular formula is C16H21N4O5S2+. The summed E-state index contributed by atoms with van der Waals surface area (Å²) in [6.45, 7) is 2.18. The Hall–Kier alpha value is -2.31. The van der Waals surface area contributed by atoms with Crippen LogP contribution in [0.3, 0.4) is 0 Å². The molecule has 0 bridgehead atoms. The van der Waals surface area contributed by atoms with E-state index in [-0.39, 0.29) is 15.7 Å². The third-order valence-electron chi connectivity index (χ3n) is 3.82. The molecule has 9 nitrogen and oxygen atoms in total. The number of sulfonamides is 2. The fourth-order valence-corrected chi connectivity index (χ4v) is 3.25. The Morgan fingerprint density at radius 1 is 0.926 bits per heavy atom. The Balaban J connectivity index is 1.92. The first kappa shape index (κ1) is 21.0. The van der Waals surface area contributed by atoms with E-state index < -0.39 is 26.1 Å². The molecular weight excluding hydrogens is 392 g/mol. The van der Waals surface area contributed by atoms with E-state index in [2.05, 4.69) is 5.32 Å². The van der Waals surface area contributed by atoms with Crippen LogP contribution in [0.2, 0.25) is 0 Å². The topological polar surface area (TPSA) is 166 Å². The SMILES string of the molecule is C[C@@H]([NH2+]Cc1ccc(S(N)(=O)=O)cc1)C(=O)Nc1ccc(S(N)(=O)=O)cc1. The number of nitrogens with one attached hydrogen (secondary N) is 1. The van der Waals surface area contributed by atoms with Gasteiger partial charge in [-0.05, 0) is 43.3 Å². The Labute approximate surface area is 157 Å². The number of nitrogens with two attached hydrogens (primary N) is 3. The summed E-state index contributed by atoms with van der Waals surface area (Å²) in [5, 5.41) is 14.5.